The largest absolute Gasteiger partial charge is 0.378 e. The zero-order chi connectivity index (χ0) is 20.3. The van der Waals surface area contributed by atoms with E-state index >= 15 is 0 Å². The highest BCUT2D eigenvalue weighted by Gasteiger charge is 2.39. The number of rotatable bonds is 6. The predicted octanol–water partition coefficient (Wildman–Crippen LogP) is 1.88. The second-order valence-electron chi connectivity index (χ2n) is 6.91. The fourth-order valence-corrected chi connectivity index (χ4v) is 5.79. The fraction of sp³-hybridized carbons (Fsp3) is 0.556. The van der Waals surface area contributed by atoms with Gasteiger partial charge in [-0.15, -0.1) is 11.3 Å². The van der Waals surface area contributed by atoms with Gasteiger partial charge in [-0.3, -0.25) is 9.59 Å². The molecular formula is C18H23ClN2O5S2. The van der Waals surface area contributed by atoms with Crippen LogP contribution in [0.4, 0.5) is 0 Å². The van der Waals surface area contributed by atoms with Gasteiger partial charge in [-0.25, -0.2) is 8.42 Å². The third kappa shape index (κ3) is 5.14. The lowest BCUT2D eigenvalue weighted by atomic mass is 10.1. The molecular weight excluding hydrogens is 424 g/mol. The van der Waals surface area contributed by atoms with Crippen LogP contribution in [-0.4, -0.2) is 74.7 Å². The van der Waals surface area contributed by atoms with Crippen LogP contribution < -0.4 is 0 Å². The number of likely N-dealkylation sites (tertiary alicyclic amines) is 1. The zero-order valence-electron chi connectivity index (χ0n) is 15.5. The van der Waals surface area contributed by atoms with E-state index in [0.717, 1.165) is 10.3 Å². The number of ether oxygens (including phenoxy) is 1. The van der Waals surface area contributed by atoms with Crippen molar-refractivity contribution in [3.63, 3.8) is 0 Å². The summed E-state index contributed by atoms with van der Waals surface area (Å²) >= 11 is 7.12. The maximum absolute atomic E-state index is 12.7. The SMILES string of the molecule is C[C@@H](C(=O)N1CCOCC1)N1CC[C@H](CS(=O)(=O)/C=C/c2ccc(Cl)s2)C1=O. The van der Waals surface area contributed by atoms with Gasteiger partial charge in [-0.2, -0.15) is 0 Å². The Labute approximate surface area is 173 Å². The van der Waals surface area contributed by atoms with E-state index in [1.54, 1.807) is 24.0 Å². The smallest absolute Gasteiger partial charge is 0.245 e. The molecule has 0 aromatic carbocycles. The van der Waals surface area contributed by atoms with Gasteiger partial charge < -0.3 is 14.5 Å². The fourth-order valence-electron chi connectivity index (χ4n) is 3.41. The first kappa shape index (κ1) is 21.3. The number of thiophene rings is 1. The normalized spacial score (nSPS) is 22.2. The third-order valence-electron chi connectivity index (χ3n) is 4.97. The Bertz CT molecular complexity index is 861. The molecule has 0 unspecified atom stereocenters. The van der Waals surface area contributed by atoms with Crippen molar-refractivity contribution in [3.8, 4) is 0 Å². The summed E-state index contributed by atoms with van der Waals surface area (Å²) < 4.78 is 30.6. The Balaban J connectivity index is 1.59. The Hall–Kier alpha value is -1.42. The highest BCUT2D eigenvalue weighted by atomic mass is 35.5. The van der Waals surface area contributed by atoms with Crippen LogP contribution in [0.2, 0.25) is 4.34 Å². The number of carbonyl (C=O) groups excluding carboxylic acids is 2. The molecule has 0 bridgehead atoms. The molecule has 2 fully saturated rings. The average molecular weight is 447 g/mol. The summed E-state index contributed by atoms with van der Waals surface area (Å²) in [5.74, 6) is -1.27. The van der Waals surface area contributed by atoms with Gasteiger partial charge in [0.15, 0.2) is 9.84 Å². The van der Waals surface area contributed by atoms with Crippen LogP contribution in [0, 0.1) is 5.92 Å². The third-order valence-corrected chi connectivity index (χ3v) is 7.58. The van der Waals surface area contributed by atoms with E-state index in [-0.39, 0.29) is 17.6 Å². The second-order valence-corrected chi connectivity index (χ2v) is 10.6. The van der Waals surface area contributed by atoms with Gasteiger partial charge >= 0.3 is 0 Å². The van der Waals surface area contributed by atoms with E-state index < -0.39 is 21.8 Å². The van der Waals surface area contributed by atoms with Crippen LogP contribution in [0.5, 0.6) is 0 Å². The Morgan fingerprint density at radius 3 is 2.71 bits per heavy atom. The molecule has 7 nitrogen and oxygen atoms in total. The van der Waals surface area contributed by atoms with Crippen LogP contribution >= 0.6 is 22.9 Å². The molecule has 0 radical (unpaired) electrons. The van der Waals surface area contributed by atoms with Gasteiger partial charge in [0.25, 0.3) is 0 Å². The monoisotopic (exact) mass is 446 g/mol. The Morgan fingerprint density at radius 2 is 2.07 bits per heavy atom. The Kier molecular flexibility index (Phi) is 6.80. The van der Waals surface area contributed by atoms with Crippen molar-refractivity contribution in [1.29, 1.82) is 0 Å². The molecule has 0 N–H and O–H groups in total. The highest BCUT2D eigenvalue weighted by molar-refractivity contribution is 7.94. The maximum Gasteiger partial charge on any atom is 0.245 e. The average Bonchev–Trinajstić information content (AvgIpc) is 3.25. The molecule has 2 amide bonds. The molecule has 1 aromatic rings. The molecule has 2 saturated heterocycles. The maximum atomic E-state index is 12.7. The molecule has 0 spiro atoms. The van der Waals surface area contributed by atoms with Crippen molar-refractivity contribution in [2.75, 3.05) is 38.6 Å². The first-order valence-electron chi connectivity index (χ1n) is 9.10. The molecule has 2 aliphatic rings. The lowest BCUT2D eigenvalue weighted by molar-refractivity contribution is -0.146. The van der Waals surface area contributed by atoms with Crippen molar-refractivity contribution >= 4 is 50.7 Å². The van der Waals surface area contributed by atoms with Crippen LogP contribution in [-0.2, 0) is 24.2 Å². The summed E-state index contributed by atoms with van der Waals surface area (Å²) in [6.07, 6.45) is 1.92. The van der Waals surface area contributed by atoms with Gasteiger partial charge in [-0.1, -0.05) is 11.6 Å². The van der Waals surface area contributed by atoms with Crippen LogP contribution in [0.15, 0.2) is 17.5 Å². The lowest BCUT2D eigenvalue weighted by Crippen LogP contribution is -2.51. The highest BCUT2D eigenvalue weighted by Crippen LogP contribution is 2.25. The topological polar surface area (TPSA) is 84.0 Å². The van der Waals surface area contributed by atoms with Crippen molar-refractivity contribution in [2.45, 2.75) is 19.4 Å². The Morgan fingerprint density at radius 1 is 1.36 bits per heavy atom. The van der Waals surface area contributed by atoms with Crippen molar-refractivity contribution < 1.29 is 22.7 Å². The molecule has 1 aromatic heterocycles. The number of halogens is 1. The number of sulfone groups is 1. The molecule has 2 atom stereocenters. The van der Waals surface area contributed by atoms with Crippen molar-refractivity contribution in [2.24, 2.45) is 5.92 Å². The van der Waals surface area contributed by atoms with Crippen LogP contribution in [0.3, 0.4) is 0 Å². The van der Waals surface area contributed by atoms with Gasteiger partial charge in [0, 0.05) is 29.9 Å². The van der Waals surface area contributed by atoms with E-state index in [0.29, 0.717) is 43.6 Å². The lowest BCUT2D eigenvalue weighted by Gasteiger charge is -2.32. The summed E-state index contributed by atoms with van der Waals surface area (Å²) in [5, 5.41) is 1.13. The zero-order valence-corrected chi connectivity index (χ0v) is 17.9. The van der Waals surface area contributed by atoms with Crippen molar-refractivity contribution in [3.05, 3.63) is 26.8 Å². The molecule has 3 heterocycles. The minimum atomic E-state index is -3.55. The van der Waals surface area contributed by atoms with Crippen LogP contribution in [0.1, 0.15) is 18.2 Å². The van der Waals surface area contributed by atoms with E-state index in [1.165, 1.54) is 22.3 Å². The summed E-state index contributed by atoms with van der Waals surface area (Å²) in [4.78, 5) is 29.3. The first-order valence-corrected chi connectivity index (χ1v) is 12.0. The number of carbonyl (C=O) groups is 2. The van der Waals surface area contributed by atoms with Gasteiger partial charge in [0.05, 0.1) is 29.2 Å². The summed E-state index contributed by atoms with van der Waals surface area (Å²) in [6.45, 7) is 4.11. The molecule has 2 aliphatic heterocycles. The summed E-state index contributed by atoms with van der Waals surface area (Å²) in [5.41, 5.74) is 0. The standard InChI is InChI=1S/C18H23ClN2O5S2/c1-13(17(22)20-7-9-26-10-8-20)21-6-4-14(18(21)23)12-28(24,25)11-5-15-2-3-16(19)27-15/h2-3,5,11,13-14H,4,6-10,12H2,1H3/b11-5+/t13-,14+/m0/s1. The van der Waals surface area contributed by atoms with Gasteiger partial charge in [0.1, 0.15) is 6.04 Å². The van der Waals surface area contributed by atoms with E-state index in [2.05, 4.69) is 0 Å². The first-order chi connectivity index (χ1) is 13.3. The molecule has 10 heteroatoms. The second kappa shape index (κ2) is 8.94. The number of nitrogens with zero attached hydrogens (tertiary/aromatic N) is 2. The van der Waals surface area contributed by atoms with Gasteiger partial charge in [-0.05, 0) is 31.6 Å². The number of hydrogen-bond donors (Lipinski definition) is 0. The van der Waals surface area contributed by atoms with Crippen molar-refractivity contribution in [1.82, 2.24) is 9.80 Å². The van der Waals surface area contributed by atoms with E-state index in [9.17, 15) is 18.0 Å². The quantitative estimate of drug-likeness (QED) is 0.666. The van der Waals surface area contributed by atoms with Gasteiger partial charge in [0.2, 0.25) is 11.8 Å². The predicted molar refractivity (Wildman–Crippen MR) is 109 cm³/mol. The number of amides is 2. The molecule has 3 rings (SSSR count). The van der Waals surface area contributed by atoms with E-state index in [4.69, 9.17) is 16.3 Å². The minimum Gasteiger partial charge on any atom is -0.378 e. The summed E-state index contributed by atoms with van der Waals surface area (Å²) in [6, 6.07) is 2.84. The number of morpholine rings is 1. The minimum absolute atomic E-state index is 0.116. The number of hydrogen-bond acceptors (Lipinski definition) is 6. The summed E-state index contributed by atoms with van der Waals surface area (Å²) in [7, 11) is -3.55. The molecule has 0 saturated carbocycles. The molecule has 0 aliphatic carbocycles. The van der Waals surface area contributed by atoms with E-state index in [1.807, 2.05) is 0 Å². The molecule has 28 heavy (non-hydrogen) atoms. The van der Waals surface area contributed by atoms with Crippen LogP contribution in [0.25, 0.3) is 6.08 Å². The molecule has 154 valence electrons.